The summed E-state index contributed by atoms with van der Waals surface area (Å²) in [5, 5.41) is 7.33. The van der Waals surface area contributed by atoms with Gasteiger partial charge in [0.05, 0.1) is 0 Å². The minimum Gasteiger partial charge on any atom is -0.313 e. The maximum absolute atomic E-state index is 3.80. The first-order valence-electron chi connectivity index (χ1n) is 8.45. The molecule has 1 fully saturated rings. The normalized spacial score (nSPS) is 23.5. The lowest BCUT2D eigenvalue weighted by Crippen LogP contribution is -2.24. The van der Waals surface area contributed by atoms with Gasteiger partial charge >= 0.3 is 0 Å². The maximum atomic E-state index is 3.80. The maximum Gasteiger partial charge on any atom is 0.0335 e. The molecule has 3 rings (SSSR count). The average molecular weight is 272 g/mol. The van der Waals surface area contributed by atoms with Crippen molar-refractivity contribution in [2.45, 2.75) is 57.5 Å². The van der Waals surface area contributed by atoms with Crippen LogP contribution in [0.3, 0.4) is 0 Å². The lowest BCUT2D eigenvalue weighted by molar-refractivity contribution is 0.438. The van der Waals surface area contributed by atoms with Crippen LogP contribution in [-0.2, 0) is 6.54 Å². The van der Waals surface area contributed by atoms with Crippen LogP contribution >= 0.6 is 0 Å². The van der Waals surface area contributed by atoms with Crippen molar-refractivity contribution in [1.82, 2.24) is 10.6 Å². The Bertz CT molecular complexity index is 410. The van der Waals surface area contributed by atoms with Gasteiger partial charge in [0.2, 0.25) is 0 Å². The summed E-state index contributed by atoms with van der Waals surface area (Å²) in [6.45, 7) is 3.32. The standard InChI is InChI=1S/C18H28N2/c1-2-7-15(6-1)8-5-12-20-18-11-13-19-14-16-9-3-4-10-17(16)18/h3-4,9-10,15,18-20H,1-2,5-8,11-14H2. The van der Waals surface area contributed by atoms with Crippen molar-refractivity contribution in [2.75, 3.05) is 13.1 Å². The Kier molecular flexibility index (Phi) is 5.10. The number of fused-ring (bicyclic) bond motifs is 1. The highest BCUT2D eigenvalue weighted by Crippen LogP contribution is 2.28. The summed E-state index contributed by atoms with van der Waals surface area (Å²) < 4.78 is 0. The molecule has 1 saturated carbocycles. The largest absolute Gasteiger partial charge is 0.313 e. The third-order valence-electron chi connectivity index (χ3n) is 5.01. The van der Waals surface area contributed by atoms with Crippen molar-refractivity contribution in [3.05, 3.63) is 35.4 Å². The molecule has 0 amide bonds. The van der Waals surface area contributed by atoms with Gasteiger partial charge in [-0.1, -0.05) is 49.9 Å². The zero-order valence-corrected chi connectivity index (χ0v) is 12.5. The van der Waals surface area contributed by atoms with E-state index in [9.17, 15) is 0 Å². The molecular formula is C18H28N2. The molecule has 1 atom stereocenters. The van der Waals surface area contributed by atoms with Crippen LogP contribution in [0, 0.1) is 5.92 Å². The predicted octanol–water partition coefficient (Wildman–Crippen LogP) is 3.78. The quantitative estimate of drug-likeness (QED) is 0.797. The number of benzene rings is 1. The van der Waals surface area contributed by atoms with Crippen LogP contribution < -0.4 is 10.6 Å². The zero-order chi connectivity index (χ0) is 13.6. The van der Waals surface area contributed by atoms with E-state index < -0.39 is 0 Å². The summed E-state index contributed by atoms with van der Waals surface area (Å²) in [4.78, 5) is 0. The Labute approximate surface area is 123 Å². The van der Waals surface area contributed by atoms with Crippen LogP contribution in [0.2, 0.25) is 0 Å². The van der Waals surface area contributed by atoms with E-state index in [1.807, 2.05) is 0 Å². The highest BCUT2D eigenvalue weighted by atomic mass is 14.9. The van der Waals surface area contributed by atoms with Gasteiger partial charge in [0.25, 0.3) is 0 Å². The monoisotopic (exact) mass is 272 g/mol. The van der Waals surface area contributed by atoms with Gasteiger partial charge in [0.1, 0.15) is 0 Å². The third-order valence-corrected chi connectivity index (χ3v) is 5.01. The van der Waals surface area contributed by atoms with Crippen molar-refractivity contribution in [2.24, 2.45) is 5.92 Å². The van der Waals surface area contributed by atoms with Crippen LogP contribution in [0.1, 0.15) is 62.1 Å². The van der Waals surface area contributed by atoms with Gasteiger partial charge in [-0.05, 0) is 49.4 Å². The van der Waals surface area contributed by atoms with Gasteiger partial charge in [0, 0.05) is 12.6 Å². The Hall–Kier alpha value is -0.860. The number of rotatable bonds is 5. The molecule has 2 aliphatic rings. The van der Waals surface area contributed by atoms with E-state index in [2.05, 4.69) is 34.9 Å². The van der Waals surface area contributed by atoms with Crippen LogP contribution in [0.5, 0.6) is 0 Å². The van der Waals surface area contributed by atoms with Crippen LogP contribution in [0.15, 0.2) is 24.3 Å². The Balaban J connectivity index is 1.49. The summed E-state index contributed by atoms with van der Waals surface area (Å²) in [5.41, 5.74) is 2.98. The van der Waals surface area contributed by atoms with Crippen molar-refractivity contribution in [3.63, 3.8) is 0 Å². The fourth-order valence-corrected chi connectivity index (χ4v) is 3.84. The molecule has 2 N–H and O–H groups in total. The number of hydrogen-bond acceptors (Lipinski definition) is 2. The highest BCUT2D eigenvalue weighted by molar-refractivity contribution is 5.30. The molecule has 0 aromatic heterocycles. The molecule has 0 bridgehead atoms. The molecule has 1 aromatic rings. The van der Waals surface area contributed by atoms with E-state index >= 15 is 0 Å². The molecule has 2 heteroatoms. The van der Waals surface area contributed by atoms with E-state index in [0.717, 1.165) is 19.0 Å². The average Bonchev–Trinajstić information content (AvgIpc) is 2.91. The topological polar surface area (TPSA) is 24.1 Å². The molecule has 1 aromatic carbocycles. The lowest BCUT2D eigenvalue weighted by Gasteiger charge is -2.19. The van der Waals surface area contributed by atoms with E-state index in [1.165, 1.54) is 62.6 Å². The molecule has 1 heterocycles. The zero-order valence-electron chi connectivity index (χ0n) is 12.5. The van der Waals surface area contributed by atoms with Crippen molar-refractivity contribution >= 4 is 0 Å². The first-order chi connectivity index (χ1) is 9.93. The molecule has 110 valence electrons. The highest BCUT2D eigenvalue weighted by Gasteiger charge is 2.18. The smallest absolute Gasteiger partial charge is 0.0335 e. The number of hydrogen-bond donors (Lipinski definition) is 2. The van der Waals surface area contributed by atoms with E-state index in [-0.39, 0.29) is 0 Å². The van der Waals surface area contributed by atoms with Crippen LogP contribution in [0.25, 0.3) is 0 Å². The van der Waals surface area contributed by atoms with Gasteiger partial charge in [-0.2, -0.15) is 0 Å². The van der Waals surface area contributed by atoms with Crippen molar-refractivity contribution < 1.29 is 0 Å². The van der Waals surface area contributed by atoms with E-state index in [1.54, 1.807) is 0 Å². The summed E-state index contributed by atoms with van der Waals surface area (Å²) in [7, 11) is 0. The van der Waals surface area contributed by atoms with Gasteiger partial charge in [-0.15, -0.1) is 0 Å². The SMILES string of the molecule is c1ccc2c(c1)CNCCC2NCCCC1CCCC1. The van der Waals surface area contributed by atoms with Crippen LogP contribution in [0.4, 0.5) is 0 Å². The molecule has 0 spiro atoms. The molecule has 20 heavy (non-hydrogen) atoms. The molecular weight excluding hydrogens is 244 g/mol. The first kappa shape index (κ1) is 14.1. The first-order valence-corrected chi connectivity index (χ1v) is 8.45. The van der Waals surface area contributed by atoms with E-state index in [0.29, 0.717) is 6.04 Å². The second kappa shape index (κ2) is 7.24. The minimum atomic E-state index is 0.546. The Morgan fingerprint density at radius 2 is 1.95 bits per heavy atom. The summed E-state index contributed by atoms with van der Waals surface area (Å²) in [6.07, 6.45) is 9.89. The van der Waals surface area contributed by atoms with Gasteiger partial charge in [0.15, 0.2) is 0 Å². The Morgan fingerprint density at radius 1 is 1.10 bits per heavy atom. The number of nitrogens with one attached hydrogen (secondary N) is 2. The molecule has 0 radical (unpaired) electrons. The summed E-state index contributed by atoms with van der Waals surface area (Å²) >= 11 is 0. The fraction of sp³-hybridized carbons (Fsp3) is 0.667. The van der Waals surface area contributed by atoms with Gasteiger partial charge < -0.3 is 10.6 Å². The lowest BCUT2D eigenvalue weighted by atomic mass is 9.98. The fourth-order valence-electron chi connectivity index (χ4n) is 3.84. The minimum absolute atomic E-state index is 0.546. The van der Waals surface area contributed by atoms with E-state index in [4.69, 9.17) is 0 Å². The van der Waals surface area contributed by atoms with Gasteiger partial charge in [-0.25, -0.2) is 0 Å². The summed E-state index contributed by atoms with van der Waals surface area (Å²) in [5.74, 6) is 1.03. The third kappa shape index (κ3) is 3.62. The van der Waals surface area contributed by atoms with Gasteiger partial charge in [-0.3, -0.25) is 0 Å². The molecule has 1 aliphatic heterocycles. The predicted molar refractivity (Wildman–Crippen MR) is 84.7 cm³/mol. The second-order valence-electron chi connectivity index (χ2n) is 6.46. The van der Waals surface area contributed by atoms with Crippen molar-refractivity contribution in [3.8, 4) is 0 Å². The molecule has 1 aliphatic carbocycles. The second-order valence-corrected chi connectivity index (χ2v) is 6.46. The summed E-state index contributed by atoms with van der Waals surface area (Å²) in [6, 6.07) is 9.45. The Morgan fingerprint density at radius 3 is 2.85 bits per heavy atom. The molecule has 0 saturated heterocycles. The molecule has 1 unspecified atom stereocenters. The van der Waals surface area contributed by atoms with Crippen LogP contribution in [-0.4, -0.2) is 13.1 Å². The van der Waals surface area contributed by atoms with Crippen molar-refractivity contribution in [1.29, 1.82) is 0 Å². The molecule has 2 nitrogen and oxygen atoms in total.